The Kier molecular flexibility index (Phi) is 5.11. The van der Waals surface area contributed by atoms with Crippen LogP contribution in [-0.2, 0) is 12.1 Å². The van der Waals surface area contributed by atoms with Crippen molar-refractivity contribution < 1.29 is 28.1 Å². The third kappa shape index (κ3) is 3.82. The van der Waals surface area contributed by atoms with Gasteiger partial charge in [0, 0.05) is 35.8 Å². The van der Waals surface area contributed by atoms with Gasteiger partial charge in [-0.2, -0.15) is 13.2 Å². The predicted molar refractivity (Wildman–Crippen MR) is 108 cm³/mol. The van der Waals surface area contributed by atoms with E-state index in [0.717, 1.165) is 11.6 Å². The highest BCUT2D eigenvalue weighted by molar-refractivity contribution is 5.87. The first-order chi connectivity index (χ1) is 14.7. The van der Waals surface area contributed by atoms with E-state index >= 15 is 0 Å². The van der Waals surface area contributed by atoms with Crippen LogP contribution < -0.4 is 4.90 Å². The van der Waals surface area contributed by atoms with Crippen molar-refractivity contribution >= 4 is 22.9 Å². The van der Waals surface area contributed by atoms with Crippen molar-refractivity contribution in [1.82, 2.24) is 4.57 Å². The smallest absolute Gasteiger partial charge is 0.372 e. The fraction of sp³-hybridized carbons (Fsp3) is 0.190. The van der Waals surface area contributed by atoms with E-state index in [-0.39, 0.29) is 33.6 Å². The zero-order valence-corrected chi connectivity index (χ0v) is 16.1. The normalized spacial score (nSPS) is 17.9. The highest BCUT2D eigenvalue weighted by Crippen LogP contribution is 2.42. The van der Waals surface area contributed by atoms with Gasteiger partial charge in [0.1, 0.15) is 12.7 Å². The van der Waals surface area contributed by atoms with Crippen LogP contribution in [0.15, 0.2) is 72.1 Å². The second-order valence-electron chi connectivity index (χ2n) is 7.32. The summed E-state index contributed by atoms with van der Waals surface area (Å²) >= 11 is 0. The fourth-order valence-corrected chi connectivity index (χ4v) is 3.70. The molecule has 160 valence electrons. The van der Waals surface area contributed by atoms with Gasteiger partial charge in [-0.05, 0) is 11.6 Å². The number of nitro groups is 1. The molecule has 2 heterocycles. The van der Waals surface area contributed by atoms with Crippen LogP contribution in [0.1, 0.15) is 11.1 Å². The Morgan fingerprint density at radius 2 is 1.90 bits per heavy atom. The molecule has 2 atom stereocenters. The Bertz CT molecular complexity index is 1180. The minimum absolute atomic E-state index is 0.0980. The summed E-state index contributed by atoms with van der Waals surface area (Å²) < 4.78 is 44.0. The topological polar surface area (TPSA) is 85.1 Å². The monoisotopic (exact) mass is 431 g/mol. The lowest BCUT2D eigenvalue weighted by molar-refractivity contribution is -0.752. The molecule has 0 radical (unpaired) electrons. The van der Waals surface area contributed by atoms with Gasteiger partial charge in [0.2, 0.25) is 5.60 Å². The maximum Gasteiger partial charge on any atom is 0.427 e. The molecule has 1 aromatic heterocycles. The molecule has 2 N–H and O–H groups in total. The fourth-order valence-electron chi connectivity index (χ4n) is 3.70. The third-order valence-corrected chi connectivity index (χ3v) is 5.26. The molecule has 3 aromatic rings. The number of rotatable bonds is 6. The number of halogens is 3. The Morgan fingerprint density at radius 3 is 2.52 bits per heavy atom. The van der Waals surface area contributed by atoms with Gasteiger partial charge in [-0.1, -0.05) is 30.3 Å². The van der Waals surface area contributed by atoms with E-state index in [1.54, 1.807) is 24.3 Å². The Balaban J connectivity index is 1.90. The molecule has 0 aliphatic carbocycles. The van der Waals surface area contributed by atoms with Crippen molar-refractivity contribution in [2.24, 2.45) is 4.99 Å². The van der Waals surface area contributed by atoms with Crippen LogP contribution in [0.25, 0.3) is 10.9 Å². The summed E-state index contributed by atoms with van der Waals surface area (Å²) in [6.45, 7) is -0.539. The molecule has 2 aromatic carbocycles. The van der Waals surface area contributed by atoms with Gasteiger partial charge in [-0.15, -0.1) is 0 Å². The lowest BCUT2D eigenvalue weighted by Crippen LogP contribution is -3.08. The lowest BCUT2D eigenvalue weighted by Gasteiger charge is -2.30. The van der Waals surface area contributed by atoms with E-state index in [2.05, 4.69) is 4.99 Å². The first kappa shape index (κ1) is 20.8. The summed E-state index contributed by atoms with van der Waals surface area (Å²) in [7, 11) is 0. The number of benzene rings is 2. The molecular weight excluding hydrogens is 413 g/mol. The Hall–Kier alpha value is -3.50. The number of non-ortho nitro benzene ring substituents is 1. The molecular formula is C21H18F3N4O3+. The zero-order chi connectivity index (χ0) is 22.2. The van der Waals surface area contributed by atoms with Gasteiger partial charge in [-0.3, -0.25) is 15.0 Å². The van der Waals surface area contributed by atoms with Gasteiger partial charge in [0.15, 0.2) is 6.34 Å². The number of nitrogens with one attached hydrogen (secondary N) is 1. The van der Waals surface area contributed by atoms with Crippen LogP contribution in [0.5, 0.6) is 0 Å². The average molecular weight is 431 g/mol. The van der Waals surface area contributed by atoms with Crippen molar-refractivity contribution in [2.45, 2.75) is 18.3 Å². The van der Waals surface area contributed by atoms with Crippen LogP contribution in [0, 0.1) is 10.1 Å². The number of fused-ring (bicyclic) bond motifs is 1. The van der Waals surface area contributed by atoms with Gasteiger partial charge in [-0.25, -0.2) is 4.99 Å². The van der Waals surface area contributed by atoms with Crippen molar-refractivity contribution in [3.63, 3.8) is 0 Å². The van der Waals surface area contributed by atoms with Crippen molar-refractivity contribution in [2.75, 3.05) is 6.54 Å². The largest absolute Gasteiger partial charge is 0.427 e. The van der Waals surface area contributed by atoms with E-state index < -0.39 is 23.2 Å². The summed E-state index contributed by atoms with van der Waals surface area (Å²) in [5.74, 6) is 0. The second-order valence-corrected chi connectivity index (χ2v) is 7.32. The van der Waals surface area contributed by atoms with Gasteiger partial charge in [0.05, 0.1) is 16.6 Å². The summed E-state index contributed by atoms with van der Waals surface area (Å²) in [5, 5.41) is 22.3. The van der Waals surface area contributed by atoms with E-state index in [1.807, 2.05) is 6.07 Å². The quantitative estimate of drug-likeness (QED) is 0.465. The van der Waals surface area contributed by atoms with E-state index in [0.29, 0.717) is 0 Å². The van der Waals surface area contributed by atoms with Crippen LogP contribution in [0.4, 0.5) is 18.9 Å². The number of quaternary nitrogens is 1. The summed E-state index contributed by atoms with van der Waals surface area (Å²) in [6.07, 6.45) is 0.271. The van der Waals surface area contributed by atoms with Gasteiger partial charge in [0.25, 0.3) is 5.69 Å². The molecule has 0 spiro atoms. The first-order valence-electron chi connectivity index (χ1n) is 9.35. The van der Waals surface area contributed by atoms with Crippen molar-refractivity contribution in [3.05, 3.63) is 88.4 Å². The van der Waals surface area contributed by atoms with Crippen LogP contribution in [0.2, 0.25) is 0 Å². The van der Waals surface area contributed by atoms with Crippen LogP contribution in [0.3, 0.4) is 0 Å². The summed E-state index contributed by atoms with van der Waals surface area (Å²) in [4.78, 5) is 14.6. The molecule has 10 heteroatoms. The van der Waals surface area contributed by atoms with Gasteiger partial charge >= 0.3 is 6.18 Å². The molecule has 1 aliphatic rings. The number of aliphatic imine (C=N–C) groups is 1. The minimum atomic E-state index is -4.99. The molecule has 4 rings (SSSR count). The van der Waals surface area contributed by atoms with E-state index in [4.69, 9.17) is 0 Å². The van der Waals surface area contributed by atoms with E-state index in [9.17, 15) is 28.4 Å². The standard InChI is InChI=1S/C21H17F3N4O3/c22-21(23,24)20(29,13-26-9-8-25-14-26)18-12-27(11-15-4-2-1-3-5-15)19-10-16(28(30)31)6-7-17(18)19/h1-10,12,14,29H,11,13H2/p+1. The van der Waals surface area contributed by atoms with Crippen molar-refractivity contribution in [1.29, 1.82) is 0 Å². The molecule has 7 nitrogen and oxygen atoms in total. The van der Waals surface area contributed by atoms with Crippen LogP contribution >= 0.6 is 0 Å². The number of hydrogen-bond donors (Lipinski definition) is 2. The number of nitro benzene ring substituents is 1. The van der Waals surface area contributed by atoms with Crippen molar-refractivity contribution in [3.8, 4) is 0 Å². The molecule has 31 heavy (non-hydrogen) atoms. The third-order valence-electron chi connectivity index (χ3n) is 5.26. The number of nitrogens with zero attached hydrogens (tertiary/aromatic N) is 3. The zero-order valence-electron chi connectivity index (χ0n) is 16.1. The number of alkyl halides is 3. The molecule has 0 saturated carbocycles. The minimum Gasteiger partial charge on any atom is -0.372 e. The SMILES string of the molecule is O=[N+]([O-])c1ccc2c(C(O)(C[NH+]3C=CN=C3)C(F)(F)F)cn(Cc3ccccc3)c2c1. The average Bonchev–Trinajstić information content (AvgIpc) is 3.35. The summed E-state index contributed by atoms with van der Waals surface area (Å²) in [6, 6.07) is 12.6. The maximum absolute atomic E-state index is 14.2. The first-order valence-corrected chi connectivity index (χ1v) is 9.35. The highest BCUT2D eigenvalue weighted by Gasteiger charge is 2.59. The Labute approximate surface area is 174 Å². The molecule has 2 unspecified atom stereocenters. The number of aliphatic hydroxyl groups is 1. The number of hydrogen-bond acceptors (Lipinski definition) is 4. The number of aromatic nitrogens is 1. The molecule has 1 aliphatic heterocycles. The molecule has 0 fully saturated rings. The Morgan fingerprint density at radius 1 is 1.16 bits per heavy atom. The summed E-state index contributed by atoms with van der Waals surface area (Å²) in [5.41, 5.74) is -2.77. The predicted octanol–water partition coefficient (Wildman–Crippen LogP) is 2.75. The van der Waals surface area contributed by atoms with Crippen LogP contribution in [-0.4, -0.2) is 33.7 Å². The molecule has 0 bridgehead atoms. The lowest BCUT2D eigenvalue weighted by atomic mass is 9.92. The van der Waals surface area contributed by atoms with Gasteiger partial charge < -0.3 is 9.67 Å². The molecule has 0 amide bonds. The molecule has 0 saturated heterocycles. The highest BCUT2D eigenvalue weighted by atomic mass is 19.4. The second kappa shape index (κ2) is 7.64. The maximum atomic E-state index is 14.2. The van der Waals surface area contributed by atoms with E-state index in [1.165, 1.54) is 41.6 Å².